The fourth-order valence-corrected chi connectivity index (χ4v) is 2.26. The molecular weight excluding hydrogens is 308 g/mol. The van der Waals surface area contributed by atoms with Crippen molar-refractivity contribution in [3.8, 4) is 17.2 Å². The first-order valence-electron chi connectivity index (χ1n) is 7.80. The van der Waals surface area contributed by atoms with Crippen molar-refractivity contribution in [3.63, 3.8) is 0 Å². The lowest BCUT2D eigenvalue weighted by atomic mass is 10.1. The highest BCUT2D eigenvalue weighted by molar-refractivity contribution is 5.67. The summed E-state index contributed by atoms with van der Waals surface area (Å²) in [7, 11) is 1.57. The van der Waals surface area contributed by atoms with E-state index in [0.717, 1.165) is 16.9 Å². The van der Waals surface area contributed by atoms with E-state index in [0.29, 0.717) is 31.1 Å². The quantitative estimate of drug-likeness (QED) is 0.713. The van der Waals surface area contributed by atoms with Gasteiger partial charge in [-0.2, -0.15) is 0 Å². The van der Waals surface area contributed by atoms with Crippen LogP contribution in [0, 0.1) is 6.92 Å². The molecule has 0 aliphatic heterocycles. The van der Waals surface area contributed by atoms with Crippen LogP contribution in [0.2, 0.25) is 0 Å². The summed E-state index contributed by atoms with van der Waals surface area (Å²) in [6, 6.07) is 13.3. The first-order chi connectivity index (χ1) is 11.6. The number of hydrogen-bond acceptors (Lipinski definition) is 4. The van der Waals surface area contributed by atoms with E-state index in [9.17, 15) is 4.79 Å². The minimum atomic E-state index is -0.820. The fraction of sp³-hybridized carbons (Fsp3) is 0.316. The molecule has 0 unspecified atom stereocenters. The molecule has 5 nitrogen and oxygen atoms in total. The molecule has 0 saturated carbocycles. The zero-order chi connectivity index (χ0) is 17.4. The monoisotopic (exact) mass is 330 g/mol. The van der Waals surface area contributed by atoms with Crippen LogP contribution in [0.1, 0.15) is 17.5 Å². The number of ether oxygens (including phenoxy) is 3. The molecule has 0 aliphatic rings. The van der Waals surface area contributed by atoms with Crippen LogP contribution in [0.15, 0.2) is 42.5 Å². The maximum absolute atomic E-state index is 10.7. The standard InChI is InChI=1S/C19H22O5/c1-14-5-3-4-6-16(14)23-11-12-24-18-13-15(8-10-19(20)21)7-9-17(18)22-2/h3-7,9,13H,8,10-12H2,1-2H3,(H,20,21). The van der Waals surface area contributed by atoms with Gasteiger partial charge in [-0.25, -0.2) is 0 Å². The summed E-state index contributed by atoms with van der Waals surface area (Å²) in [5, 5.41) is 8.78. The molecule has 128 valence electrons. The molecule has 0 atom stereocenters. The number of benzene rings is 2. The van der Waals surface area contributed by atoms with Gasteiger partial charge in [0, 0.05) is 6.42 Å². The Hall–Kier alpha value is -2.69. The zero-order valence-electron chi connectivity index (χ0n) is 14.0. The lowest BCUT2D eigenvalue weighted by Gasteiger charge is -2.13. The van der Waals surface area contributed by atoms with Gasteiger partial charge in [0.1, 0.15) is 19.0 Å². The van der Waals surface area contributed by atoms with E-state index in [1.807, 2.05) is 43.3 Å². The molecular formula is C19H22O5. The number of hydrogen-bond donors (Lipinski definition) is 1. The Labute approximate surface area is 141 Å². The fourth-order valence-electron chi connectivity index (χ4n) is 2.26. The molecule has 2 rings (SSSR count). The number of carboxylic acid groups (broad SMARTS) is 1. The van der Waals surface area contributed by atoms with Crippen molar-refractivity contribution < 1.29 is 24.1 Å². The second kappa shape index (κ2) is 8.82. The van der Waals surface area contributed by atoms with Crippen LogP contribution in [0.25, 0.3) is 0 Å². The van der Waals surface area contributed by atoms with E-state index in [1.54, 1.807) is 13.2 Å². The Bertz CT molecular complexity index is 681. The SMILES string of the molecule is COc1ccc(CCC(=O)O)cc1OCCOc1ccccc1C. The summed E-state index contributed by atoms with van der Waals surface area (Å²) in [5.74, 6) is 1.22. The highest BCUT2D eigenvalue weighted by Crippen LogP contribution is 2.28. The first kappa shape index (κ1) is 17.7. The van der Waals surface area contributed by atoms with E-state index in [4.69, 9.17) is 19.3 Å². The maximum atomic E-state index is 10.7. The number of aliphatic carboxylic acids is 1. The van der Waals surface area contributed by atoms with E-state index < -0.39 is 5.97 Å². The third kappa shape index (κ3) is 5.19. The van der Waals surface area contributed by atoms with Gasteiger partial charge in [-0.1, -0.05) is 24.3 Å². The third-order valence-electron chi connectivity index (χ3n) is 3.55. The van der Waals surface area contributed by atoms with E-state index >= 15 is 0 Å². The smallest absolute Gasteiger partial charge is 0.303 e. The minimum Gasteiger partial charge on any atom is -0.493 e. The average Bonchev–Trinajstić information content (AvgIpc) is 2.58. The van der Waals surface area contributed by atoms with Gasteiger partial charge in [-0.3, -0.25) is 4.79 Å². The van der Waals surface area contributed by atoms with Crippen molar-refractivity contribution in [1.82, 2.24) is 0 Å². The Morgan fingerprint density at radius 3 is 2.38 bits per heavy atom. The minimum absolute atomic E-state index is 0.0855. The van der Waals surface area contributed by atoms with Crippen LogP contribution < -0.4 is 14.2 Å². The van der Waals surface area contributed by atoms with Gasteiger partial charge in [-0.15, -0.1) is 0 Å². The molecule has 0 aromatic heterocycles. The van der Waals surface area contributed by atoms with E-state index in [1.165, 1.54) is 0 Å². The van der Waals surface area contributed by atoms with Gasteiger partial charge >= 0.3 is 5.97 Å². The lowest BCUT2D eigenvalue weighted by molar-refractivity contribution is -0.136. The molecule has 0 saturated heterocycles. The summed E-state index contributed by atoms with van der Waals surface area (Å²) in [6.45, 7) is 2.77. The van der Waals surface area contributed by atoms with E-state index in [2.05, 4.69) is 0 Å². The van der Waals surface area contributed by atoms with Crippen LogP contribution in [-0.2, 0) is 11.2 Å². The number of carbonyl (C=O) groups is 1. The van der Waals surface area contributed by atoms with Crippen molar-refractivity contribution in [2.45, 2.75) is 19.8 Å². The van der Waals surface area contributed by atoms with Crippen LogP contribution in [0.4, 0.5) is 0 Å². The molecule has 0 aliphatic carbocycles. The molecule has 24 heavy (non-hydrogen) atoms. The van der Waals surface area contributed by atoms with Gasteiger partial charge in [0.2, 0.25) is 0 Å². The van der Waals surface area contributed by atoms with Crippen molar-refractivity contribution in [3.05, 3.63) is 53.6 Å². The lowest BCUT2D eigenvalue weighted by Crippen LogP contribution is -2.10. The van der Waals surface area contributed by atoms with Crippen molar-refractivity contribution in [2.24, 2.45) is 0 Å². The average molecular weight is 330 g/mol. The number of methoxy groups -OCH3 is 1. The summed E-state index contributed by atoms with van der Waals surface area (Å²) < 4.78 is 16.7. The van der Waals surface area contributed by atoms with Crippen molar-refractivity contribution >= 4 is 5.97 Å². The molecule has 1 N–H and O–H groups in total. The Morgan fingerprint density at radius 2 is 1.71 bits per heavy atom. The predicted molar refractivity (Wildman–Crippen MR) is 91.1 cm³/mol. The van der Waals surface area contributed by atoms with Gasteiger partial charge in [0.15, 0.2) is 11.5 Å². The van der Waals surface area contributed by atoms with Crippen LogP contribution in [0.3, 0.4) is 0 Å². The first-order valence-corrected chi connectivity index (χ1v) is 7.80. The molecule has 0 fully saturated rings. The Morgan fingerprint density at radius 1 is 1.00 bits per heavy atom. The Kier molecular flexibility index (Phi) is 6.49. The summed E-state index contributed by atoms with van der Waals surface area (Å²) in [5.41, 5.74) is 1.97. The Balaban J connectivity index is 1.91. The topological polar surface area (TPSA) is 65.0 Å². The molecule has 0 bridgehead atoms. The molecule has 0 amide bonds. The van der Waals surface area contributed by atoms with Crippen LogP contribution in [0.5, 0.6) is 17.2 Å². The van der Waals surface area contributed by atoms with Gasteiger partial charge in [-0.05, 0) is 42.7 Å². The third-order valence-corrected chi connectivity index (χ3v) is 3.55. The number of rotatable bonds is 9. The molecule has 0 spiro atoms. The maximum Gasteiger partial charge on any atom is 0.303 e. The van der Waals surface area contributed by atoms with Crippen molar-refractivity contribution in [1.29, 1.82) is 0 Å². The number of aryl methyl sites for hydroxylation is 2. The second-order valence-electron chi connectivity index (χ2n) is 5.34. The highest BCUT2D eigenvalue weighted by Gasteiger charge is 2.08. The van der Waals surface area contributed by atoms with Gasteiger partial charge in [0.25, 0.3) is 0 Å². The number of para-hydroxylation sites is 1. The molecule has 0 heterocycles. The van der Waals surface area contributed by atoms with Gasteiger partial charge < -0.3 is 19.3 Å². The normalized spacial score (nSPS) is 10.2. The molecule has 5 heteroatoms. The molecule has 2 aromatic rings. The largest absolute Gasteiger partial charge is 0.493 e. The zero-order valence-corrected chi connectivity index (χ0v) is 14.0. The van der Waals surface area contributed by atoms with Crippen LogP contribution in [-0.4, -0.2) is 31.4 Å². The second-order valence-corrected chi connectivity index (χ2v) is 5.34. The predicted octanol–water partition coefficient (Wildman–Crippen LogP) is 3.48. The van der Waals surface area contributed by atoms with E-state index in [-0.39, 0.29) is 6.42 Å². The summed E-state index contributed by atoms with van der Waals surface area (Å²) in [4.78, 5) is 10.7. The van der Waals surface area contributed by atoms with Crippen molar-refractivity contribution in [2.75, 3.05) is 20.3 Å². The van der Waals surface area contributed by atoms with Crippen LogP contribution >= 0.6 is 0 Å². The molecule has 2 aromatic carbocycles. The highest BCUT2D eigenvalue weighted by atomic mass is 16.5. The summed E-state index contributed by atoms with van der Waals surface area (Å²) in [6.07, 6.45) is 0.539. The molecule has 0 radical (unpaired) electrons. The summed E-state index contributed by atoms with van der Waals surface area (Å²) >= 11 is 0. The van der Waals surface area contributed by atoms with Gasteiger partial charge in [0.05, 0.1) is 7.11 Å². The number of carboxylic acids is 1.